The van der Waals surface area contributed by atoms with Gasteiger partial charge in [-0.3, -0.25) is 4.98 Å². The second-order valence-electron chi connectivity index (χ2n) is 7.48. The van der Waals surface area contributed by atoms with Crippen LogP contribution in [0.5, 0.6) is 0 Å². The van der Waals surface area contributed by atoms with Gasteiger partial charge >= 0.3 is 12.2 Å². The molecule has 0 spiro atoms. The molecule has 9 heteroatoms. The lowest BCUT2D eigenvalue weighted by atomic mass is 10.1. The Morgan fingerprint density at radius 3 is 2.44 bits per heavy atom. The topological polar surface area (TPSA) is 82.7 Å². The van der Waals surface area contributed by atoms with Crippen molar-refractivity contribution < 1.29 is 18.0 Å². The first-order chi connectivity index (χ1) is 15.2. The molecular weight excluding hydrogens is 419 g/mol. The molecule has 0 aliphatic carbocycles. The van der Waals surface area contributed by atoms with Gasteiger partial charge in [-0.2, -0.15) is 13.2 Å². The van der Waals surface area contributed by atoms with Crippen LogP contribution < -0.4 is 10.6 Å². The van der Waals surface area contributed by atoms with E-state index in [4.69, 9.17) is 0 Å². The number of imidazole rings is 1. The maximum Gasteiger partial charge on any atom is 0.416 e. The van der Waals surface area contributed by atoms with Crippen molar-refractivity contribution in [1.82, 2.24) is 15.0 Å². The number of H-pyrrole nitrogens is 1. The minimum absolute atomic E-state index is 0.0469. The van der Waals surface area contributed by atoms with Crippen LogP contribution >= 0.6 is 0 Å². The lowest BCUT2D eigenvalue weighted by Gasteiger charge is -2.14. The number of rotatable bonds is 4. The third kappa shape index (κ3) is 4.56. The van der Waals surface area contributed by atoms with Crippen molar-refractivity contribution in [3.8, 4) is 0 Å². The molecule has 2 aromatic heterocycles. The quantitative estimate of drug-likeness (QED) is 0.374. The van der Waals surface area contributed by atoms with Gasteiger partial charge in [0.1, 0.15) is 11.3 Å². The zero-order chi connectivity index (χ0) is 22.9. The molecule has 0 fully saturated rings. The molecule has 0 radical (unpaired) electrons. The Morgan fingerprint density at radius 1 is 1.00 bits per heavy atom. The summed E-state index contributed by atoms with van der Waals surface area (Å²) in [6, 6.07) is 10.5. The predicted molar refractivity (Wildman–Crippen MR) is 117 cm³/mol. The van der Waals surface area contributed by atoms with E-state index in [0.717, 1.165) is 22.7 Å². The molecule has 3 N–H and O–H groups in total. The zero-order valence-electron chi connectivity index (χ0n) is 17.3. The smallest absolute Gasteiger partial charge is 0.342 e. The number of alkyl halides is 3. The van der Waals surface area contributed by atoms with Crippen molar-refractivity contribution in [2.24, 2.45) is 0 Å². The van der Waals surface area contributed by atoms with Gasteiger partial charge in [0.25, 0.3) is 0 Å². The summed E-state index contributed by atoms with van der Waals surface area (Å²) in [7, 11) is 0. The Bertz CT molecular complexity index is 1280. The van der Waals surface area contributed by atoms with Gasteiger partial charge in [0.15, 0.2) is 0 Å². The standard InChI is InChI=1S/C23H20F3N5O/c1-13-3-5-16(12-17(13)23(24,25)26)28-22(32)31-20-14(2)4-6-18-21(20)30-19(29-18)11-15-7-9-27-10-8-15/h3-10,12H,11H2,1-2H3,(H,29,30)(H2,28,31,32). The first-order valence-corrected chi connectivity index (χ1v) is 9.83. The van der Waals surface area contributed by atoms with Crippen LogP contribution in [0.1, 0.15) is 28.1 Å². The lowest BCUT2D eigenvalue weighted by molar-refractivity contribution is -0.138. The lowest BCUT2D eigenvalue weighted by Crippen LogP contribution is -2.21. The molecule has 4 aromatic rings. The number of nitrogens with one attached hydrogen (secondary N) is 3. The number of benzene rings is 2. The number of nitrogens with zero attached hydrogens (tertiary/aromatic N) is 2. The van der Waals surface area contributed by atoms with Crippen LogP contribution in [0.15, 0.2) is 54.9 Å². The van der Waals surface area contributed by atoms with E-state index in [1.165, 1.54) is 19.1 Å². The van der Waals surface area contributed by atoms with Crippen LogP contribution in [0.3, 0.4) is 0 Å². The predicted octanol–water partition coefficient (Wildman–Crippen LogP) is 5.83. The number of pyridine rings is 1. The average molecular weight is 439 g/mol. The second-order valence-corrected chi connectivity index (χ2v) is 7.48. The number of aromatic amines is 1. The number of aryl methyl sites for hydroxylation is 2. The molecule has 164 valence electrons. The molecule has 2 heterocycles. The number of fused-ring (bicyclic) bond motifs is 1. The second kappa shape index (κ2) is 8.33. The minimum Gasteiger partial charge on any atom is -0.342 e. The first-order valence-electron chi connectivity index (χ1n) is 9.83. The maximum atomic E-state index is 13.2. The van der Waals surface area contributed by atoms with Crippen LogP contribution in [0, 0.1) is 13.8 Å². The normalized spacial score (nSPS) is 11.5. The number of hydrogen-bond acceptors (Lipinski definition) is 3. The average Bonchev–Trinajstić information content (AvgIpc) is 3.14. The molecule has 0 saturated heterocycles. The highest BCUT2D eigenvalue weighted by Gasteiger charge is 2.32. The molecule has 32 heavy (non-hydrogen) atoms. The number of amides is 2. The third-order valence-corrected chi connectivity index (χ3v) is 5.07. The summed E-state index contributed by atoms with van der Waals surface area (Å²) in [5, 5.41) is 5.20. The Kier molecular flexibility index (Phi) is 5.56. The highest BCUT2D eigenvalue weighted by Crippen LogP contribution is 2.33. The number of anilines is 2. The zero-order valence-corrected chi connectivity index (χ0v) is 17.3. The summed E-state index contributed by atoms with van der Waals surface area (Å²) >= 11 is 0. The van der Waals surface area contributed by atoms with Crippen LogP contribution in [-0.2, 0) is 12.6 Å². The summed E-state index contributed by atoms with van der Waals surface area (Å²) in [5.41, 5.74) is 2.95. The summed E-state index contributed by atoms with van der Waals surface area (Å²) in [6.45, 7) is 3.19. The van der Waals surface area contributed by atoms with E-state index < -0.39 is 17.8 Å². The van der Waals surface area contributed by atoms with Crippen LogP contribution in [0.4, 0.5) is 29.3 Å². The molecule has 0 saturated carbocycles. The van der Waals surface area contributed by atoms with Crippen molar-refractivity contribution in [2.45, 2.75) is 26.4 Å². The van der Waals surface area contributed by atoms with E-state index in [1.54, 1.807) is 12.4 Å². The highest BCUT2D eigenvalue weighted by molar-refractivity contribution is 6.05. The number of halogens is 3. The van der Waals surface area contributed by atoms with Crippen molar-refractivity contribution in [2.75, 3.05) is 10.6 Å². The third-order valence-electron chi connectivity index (χ3n) is 5.07. The van der Waals surface area contributed by atoms with Gasteiger partial charge in [-0.05, 0) is 60.9 Å². The fourth-order valence-corrected chi connectivity index (χ4v) is 3.44. The van der Waals surface area contributed by atoms with Gasteiger partial charge in [-0.15, -0.1) is 0 Å². The largest absolute Gasteiger partial charge is 0.416 e. The summed E-state index contributed by atoms with van der Waals surface area (Å²) in [5.74, 6) is 0.716. The van der Waals surface area contributed by atoms with Gasteiger partial charge < -0.3 is 15.6 Å². The minimum atomic E-state index is -4.50. The van der Waals surface area contributed by atoms with E-state index in [1.807, 2.05) is 31.2 Å². The Morgan fingerprint density at radius 2 is 1.72 bits per heavy atom. The molecule has 0 aliphatic heterocycles. The Balaban J connectivity index is 1.57. The van der Waals surface area contributed by atoms with Crippen LogP contribution in [-0.4, -0.2) is 21.0 Å². The molecule has 6 nitrogen and oxygen atoms in total. The Hall–Kier alpha value is -3.88. The number of urea groups is 1. The fourth-order valence-electron chi connectivity index (χ4n) is 3.44. The highest BCUT2D eigenvalue weighted by atomic mass is 19.4. The van der Waals surface area contributed by atoms with Crippen molar-refractivity contribution >= 4 is 28.4 Å². The summed E-state index contributed by atoms with van der Waals surface area (Å²) < 4.78 is 39.5. The van der Waals surface area contributed by atoms with Gasteiger partial charge in [0, 0.05) is 24.5 Å². The summed E-state index contributed by atoms with van der Waals surface area (Å²) in [6.07, 6.45) is -0.532. The Labute approximate surface area is 181 Å². The molecule has 0 unspecified atom stereocenters. The molecule has 2 amide bonds. The van der Waals surface area contributed by atoms with E-state index in [9.17, 15) is 18.0 Å². The van der Waals surface area contributed by atoms with Crippen molar-refractivity contribution in [3.05, 3.63) is 82.9 Å². The molecule has 2 aromatic carbocycles. The monoisotopic (exact) mass is 439 g/mol. The number of aromatic nitrogens is 3. The van der Waals surface area contributed by atoms with E-state index >= 15 is 0 Å². The SMILES string of the molecule is Cc1ccc(NC(=O)Nc2c(C)ccc3[nH]c(Cc4ccncc4)nc23)cc1C(F)(F)F. The molecule has 0 bridgehead atoms. The molecular formula is C23H20F3N5O. The maximum absolute atomic E-state index is 13.2. The van der Waals surface area contributed by atoms with Gasteiger partial charge in [0.2, 0.25) is 0 Å². The fraction of sp³-hybridized carbons (Fsp3) is 0.174. The molecule has 0 atom stereocenters. The van der Waals surface area contributed by atoms with Crippen LogP contribution in [0.2, 0.25) is 0 Å². The van der Waals surface area contributed by atoms with Crippen molar-refractivity contribution in [1.29, 1.82) is 0 Å². The van der Waals surface area contributed by atoms with E-state index in [2.05, 4.69) is 25.6 Å². The van der Waals surface area contributed by atoms with Crippen LogP contribution in [0.25, 0.3) is 11.0 Å². The summed E-state index contributed by atoms with van der Waals surface area (Å²) in [4.78, 5) is 24.4. The van der Waals surface area contributed by atoms with Gasteiger partial charge in [-0.1, -0.05) is 12.1 Å². The first kappa shape index (κ1) is 21.4. The van der Waals surface area contributed by atoms with Gasteiger partial charge in [-0.25, -0.2) is 9.78 Å². The van der Waals surface area contributed by atoms with E-state index in [0.29, 0.717) is 23.4 Å². The number of carbonyl (C=O) groups is 1. The molecule has 4 rings (SSSR count). The molecule has 0 aliphatic rings. The van der Waals surface area contributed by atoms with Gasteiger partial charge in [0.05, 0.1) is 16.8 Å². The number of hydrogen-bond donors (Lipinski definition) is 3. The number of carbonyl (C=O) groups excluding carboxylic acids is 1. The van der Waals surface area contributed by atoms with Crippen molar-refractivity contribution in [3.63, 3.8) is 0 Å². The van der Waals surface area contributed by atoms with E-state index in [-0.39, 0.29) is 11.3 Å².